The maximum atomic E-state index is 12.8. The van der Waals surface area contributed by atoms with Crippen molar-refractivity contribution in [3.63, 3.8) is 0 Å². The maximum Gasteiger partial charge on any atom is 0.243 e. The number of halogens is 1. The zero-order chi connectivity index (χ0) is 22.6. The molecule has 0 bridgehead atoms. The molecule has 3 aromatic rings. The molecule has 1 aromatic heterocycles. The second kappa shape index (κ2) is 9.60. The van der Waals surface area contributed by atoms with E-state index in [1.807, 2.05) is 0 Å². The van der Waals surface area contributed by atoms with E-state index in [0.29, 0.717) is 15.8 Å². The van der Waals surface area contributed by atoms with Crippen molar-refractivity contribution in [2.75, 3.05) is 33.1 Å². The lowest BCUT2D eigenvalue weighted by atomic mass is 10.2. The molecule has 1 amide bonds. The minimum Gasteiger partial charge on any atom is -0.493 e. The molecule has 1 heterocycles. The van der Waals surface area contributed by atoms with Crippen LogP contribution in [0.2, 0.25) is 5.02 Å². The first-order valence-corrected chi connectivity index (χ1v) is 11.5. The lowest BCUT2D eigenvalue weighted by molar-refractivity contribution is -0.116. The van der Waals surface area contributed by atoms with Crippen molar-refractivity contribution in [3.05, 3.63) is 47.5 Å². The fourth-order valence-corrected chi connectivity index (χ4v) is 4.62. The number of carbonyl (C=O) groups excluding carboxylic acids is 1. The molecule has 0 saturated heterocycles. The SMILES string of the molecule is COc1ccc(S(=O)(=O)N(C)CC(=O)Nc2nnc(-c3ccc(Cl)cc3)s2)cc1OC. The third-order valence-corrected chi connectivity index (χ3v) is 7.13. The second-order valence-electron chi connectivity index (χ2n) is 6.25. The number of aromatic nitrogens is 2. The molecule has 1 N–H and O–H groups in total. The molecule has 12 heteroatoms. The summed E-state index contributed by atoms with van der Waals surface area (Å²) in [6.07, 6.45) is 0. The number of hydrogen-bond donors (Lipinski definition) is 1. The molecule has 3 rings (SSSR count). The number of amides is 1. The number of methoxy groups -OCH3 is 2. The van der Waals surface area contributed by atoms with Crippen LogP contribution in [0.4, 0.5) is 5.13 Å². The average molecular weight is 483 g/mol. The summed E-state index contributed by atoms with van der Waals surface area (Å²) in [6.45, 7) is -0.410. The molecule has 9 nitrogen and oxygen atoms in total. The van der Waals surface area contributed by atoms with Crippen LogP contribution in [0.3, 0.4) is 0 Å². The Morgan fingerprint density at radius 2 is 1.77 bits per heavy atom. The van der Waals surface area contributed by atoms with Gasteiger partial charge >= 0.3 is 0 Å². The normalized spacial score (nSPS) is 11.4. The van der Waals surface area contributed by atoms with Crippen LogP contribution in [-0.4, -0.2) is 56.6 Å². The monoisotopic (exact) mass is 482 g/mol. The molecular formula is C19H19ClN4O5S2. The summed E-state index contributed by atoms with van der Waals surface area (Å²) in [5.74, 6) is 0.116. The van der Waals surface area contributed by atoms with E-state index in [-0.39, 0.29) is 15.8 Å². The van der Waals surface area contributed by atoms with Gasteiger partial charge in [0.2, 0.25) is 21.1 Å². The van der Waals surface area contributed by atoms with Gasteiger partial charge in [0, 0.05) is 23.7 Å². The largest absolute Gasteiger partial charge is 0.493 e. The lowest BCUT2D eigenvalue weighted by Crippen LogP contribution is -2.35. The number of sulfonamides is 1. The van der Waals surface area contributed by atoms with Gasteiger partial charge < -0.3 is 9.47 Å². The van der Waals surface area contributed by atoms with Crippen molar-refractivity contribution in [2.24, 2.45) is 0 Å². The van der Waals surface area contributed by atoms with Gasteiger partial charge in [-0.3, -0.25) is 10.1 Å². The van der Waals surface area contributed by atoms with E-state index < -0.39 is 22.5 Å². The van der Waals surface area contributed by atoms with Crippen molar-refractivity contribution in [1.82, 2.24) is 14.5 Å². The molecule has 0 aliphatic heterocycles. The lowest BCUT2D eigenvalue weighted by Gasteiger charge is -2.17. The number of anilines is 1. The fraction of sp³-hybridized carbons (Fsp3) is 0.211. The third kappa shape index (κ3) is 5.31. The Labute approximate surface area is 188 Å². The van der Waals surface area contributed by atoms with Crippen LogP contribution in [0.5, 0.6) is 11.5 Å². The van der Waals surface area contributed by atoms with Gasteiger partial charge in [-0.2, -0.15) is 4.31 Å². The van der Waals surface area contributed by atoms with E-state index in [1.165, 1.54) is 39.5 Å². The zero-order valence-electron chi connectivity index (χ0n) is 16.8. The van der Waals surface area contributed by atoms with Crippen LogP contribution in [0.15, 0.2) is 47.4 Å². The number of rotatable bonds is 8. The molecule has 0 aliphatic rings. The first kappa shape index (κ1) is 22.9. The molecule has 0 radical (unpaired) electrons. The first-order chi connectivity index (χ1) is 14.7. The Hall–Kier alpha value is -2.73. The van der Waals surface area contributed by atoms with Crippen LogP contribution >= 0.6 is 22.9 Å². The van der Waals surface area contributed by atoms with Crippen molar-refractivity contribution in [2.45, 2.75) is 4.90 Å². The Kier molecular flexibility index (Phi) is 7.11. The van der Waals surface area contributed by atoms with Crippen LogP contribution in [0, 0.1) is 0 Å². The van der Waals surface area contributed by atoms with Gasteiger partial charge in [0.1, 0.15) is 5.01 Å². The van der Waals surface area contributed by atoms with Crippen molar-refractivity contribution in [1.29, 1.82) is 0 Å². The molecule has 31 heavy (non-hydrogen) atoms. The number of benzene rings is 2. The predicted molar refractivity (Wildman–Crippen MR) is 118 cm³/mol. The van der Waals surface area contributed by atoms with Gasteiger partial charge in [0.05, 0.1) is 25.7 Å². The highest BCUT2D eigenvalue weighted by Gasteiger charge is 2.25. The molecule has 0 saturated carbocycles. The number of nitrogens with zero attached hydrogens (tertiary/aromatic N) is 3. The van der Waals surface area contributed by atoms with Crippen molar-refractivity contribution < 1.29 is 22.7 Å². The Bertz CT molecular complexity index is 1180. The number of hydrogen-bond acceptors (Lipinski definition) is 8. The molecule has 0 aliphatic carbocycles. The standard InChI is InChI=1S/C19H19ClN4O5S2/c1-24(31(26,27)14-8-9-15(28-2)16(10-14)29-3)11-17(25)21-19-23-22-18(30-19)12-4-6-13(20)7-5-12/h4-10H,11H2,1-3H3,(H,21,23,25). The van der Waals surface area contributed by atoms with Gasteiger partial charge in [0.15, 0.2) is 11.5 Å². The maximum absolute atomic E-state index is 12.8. The molecule has 0 spiro atoms. The molecule has 164 valence electrons. The van der Waals surface area contributed by atoms with Gasteiger partial charge in [-0.25, -0.2) is 8.42 Å². The summed E-state index contributed by atoms with van der Waals surface area (Å²) in [4.78, 5) is 12.3. The molecule has 0 fully saturated rings. The summed E-state index contributed by atoms with van der Waals surface area (Å²) in [5.41, 5.74) is 0.801. The minimum atomic E-state index is -3.93. The van der Waals surface area contributed by atoms with Gasteiger partial charge in [-0.1, -0.05) is 35.1 Å². The summed E-state index contributed by atoms with van der Waals surface area (Å²) in [7, 11) is 0.238. The van der Waals surface area contributed by atoms with Crippen LogP contribution in [-0.2, 0) is 14.8 Å². The van der Waals surface area contributed by atoms with Gasteiger partial charge in [-0.05, 0) is 24.3 Å². The number of carbonyl (C=O) groups is 1. The Balaban J connectivity index is 1.68. The molecular weight excluding hydrogens is 464 g/mol. The summed E-state index contributed by atoms with van der Waals surface area (Å²) in [6, 6.07) is 11.2. The third-order valence-electron chi connectivity index (χ3n) is 4.19. The van der Waals surface area contributed by atoms with Crippen molar-refractivity contribution >= 4 is 44.0 Å². The Morgan fingerprint density at radius 1 is 1.10 bits per heavy atom. The number of ether oxygens (including phenoxy) is 2. The first-order valence-electron chi connectivity index (χ1n) is 8.82. The molecule has 2 aromatic carbocycles. The Morgan fingerprint density at radius 3 is 2.42 bits per heavy atom. The number of likely N-dealkylation sites (N-methyl/N-ethyl adjacent to an activating group) is 1. The minimum absolute atomic E-state index is 0.0265. The topological polar surface area (TPSA) is 111 Å². The number of nitrogens with one attached hydrogen (secondary N) is 1. The van der Waals surface area contributed by atoms with E-state index in [0.717, 1.165) is 21.2 Å². The molecule has 0 atom stereocenters. The van der Waals surface area contributed by atoms with Crippen molar-refractivity contribution in [3.8, 4) is 22.1 Å². The fourth-order valence-electron chi connectivity index (χ4n) is 2.59. The summed E-state index contributed by atoms with van der Waals surface area (Å²) in [5, 5.41) is 12.0. The summed E-state index contributed by atoms with van der Waals surface area (Å²) >= 11 is 7.04. The van der Waals surface area contributed by atoms with Crippen LogP contribution < -0.4 is 14.8 Å². The predicted octanol–water partition coefficient (Wildman–Crippen LogP) is 3.13. The average Bonchev–Trinajstić information content (AvgIpc) is 3.21. The second-order valence-corrected chi connectivity index (χ2v) is 9.70. The van der Waals surface area contributed by atoms with E-state index in [4.69, 9.17) is 21.1 Å². The van der Waals surface area contributed by atoms with Crippen LogP contribution in [0.25, 0.3) is 10.6 Å². The van der Waals surface area contributed by atoms with Gasteiger partial charge in [0.25, 0.3) is 0 Å². The highest BCUT2D eigenvalue weighted by atomic mass is 35.5. The smallest absolute Gasteiger partial charge is 0.243 e. The van der Waals surface area contributed by atoms with E-state index in [9.17, 15) is 13.2 Å². The van der Waals surface area contributed by atoms with Crippen LogP contribution in [0.1, 0.15) is 0 Å². The summed E-state index contributed by atoms with van der Waals surface area (Å²) < 4.78 is 36.8. The molecule has 0 unspecified atom stereocenters. The quantitative estimate of drug-likeness (QED) is 0.525. The van der Waals surface area contributed by atoms with E-state index >= 15 is 0 Å². The van der Waals surface area contributed by atoms with Gasteiger partial charge in [-0.15, -0.1) is 10.2 Å². The highest BCUT2D eigenvalue weighted by Crippen LogP contribution is 2.30. The van der Waals surface area contributed by atoms with E-state index in [2.05, 4.69) is 15.5 Å². The zero-order valence-corrected chi connectivity index (χ0v) is 19.2. The highest BCUT2D eigenvalue weighted by molar-refractivity contribution is 7.89. The van der Waals surface area contributed by atoms with E-state index in [1.54, 1.807) is 24.3 Å².